The lowest BCUT2D eigenvalue weighted by atomic mass is 10.2. The number of nitrogens with zero attached hydrogens (tertiary/aromatic N) is 3. The van der Waals surface area contributed by atoms with E-state index in [1.807, 2.05) is 37.3 Å². The van der Waals surface area contributed by atoms with E-state index in [2.05, 4.69) is 14.8 Å². The van der Waals surface area contributed by atoms with E-state index in [4.69, 9.17) is 27.9 Å². The summed E-state index contributed by atoms with van der Waals surface area (Å²) in [6.45, 7) is 2.69. The van der Waals surface area contributed by atoms with Crippen molar-refractivity contribution in [2.75, 3.05) is 7.11 Å². The molecular weight excluding hydrogens is 309 g/mol. The van der Waals surface area contributed by atoms with Gasteiger partial charge in [0.15, 0.2) is 10.3 Å². The Morgan fingerprint density at radius 3 is 2.43 bits per heavy atom. The number of methoxy groups -OCH3 is 1. The van der Waals surface area contributed by atoms with Gasteiger partial charge in [-0.15, -0.1) is 10.2 Å². The molecule has 0 saturated heterocycles. The minimum atomic E-state index is 0.357. The van der Waals surface area contributed by atoms with Gasteiger partial charge in [0.05, 0.1) is 12.6 Å². The first-order valence-corrected chi connectivity index (χ1v) is 7.16. The minimum Gasteiger partial charge on any atom is -0.497 e. The molecule has 0 aliphatic carbocycles. The van der Waals surface area contributed by atoms with Crippen molar-refractivity contribution in [1.82, 2.24) is 14.8 Å². The quantitative estimate of drug-likeness (QED) is 0.729. The van der Waals surface area contributed by atoms with Crippen molar-refractivity contribution in [3.05, 3.63) is 51.9 Å². The van der Waals surface area contributed by atoms with Crippen LogP contribution in [0, 0.1) is 6.92 Å². The van der Waals surface area contributed by atoms with Crippen LogP contribution in [0.2, 0.25) is 10.3 Å². The van der Waals surface area contributed by atoms with E-state index in [0.717, 1.165) is 27.9 Å². The van der Waals surface area contributed by atoms with Crippen LogP contribution in [-0.4, -0.2) is 21.9 Å². The fourth-order valence-electron chi connectivity index (χ4n) is 2.36. The van der Waals surface area contributed by atoms with Gasteiger partial charge in [-0.2, -0.15) is 0 Å². The number of fused-ring (bicyclic) bond motifs is 1. The van der Waals surface area contributed by atoms with Crippen molar-refractivity contribution >= 4 is 34.1 Å². The van der Waals surface area contributed by atoms with Crippen molar-refractivity contribution in [2.24, 2.45) is 0 Å². The summed E-state index contributed by atoms with van der Waals surface area (Å²) in [6.07, 6.45) is 0. The van der Waals surface area contributed by atoms with Crippen LogP contribution in [0.25, 0.3) is 10.9 Å². The third-order valence-corrected chi connectivity index (χ3v) is 3.98. The number of halogens is 2. The lowest BCUT2D eigenvalue weighted by Crippen LogP contribution is -2.02. The highest BCUT2D eigenvalue weighted by Crippen LogP contribution is 2.30. The highest BCUT2D eigenvalue weighted by atomic mass is 35.5. The lowest BCUT2D eigenvalue weighted by Gasteiger charge is -2.10. The highest BCUT2D eigenvalue weighted by molar-refractivity contribution is 6.38. The molecule has 1 aromatic carbocycles. The fourth-order valence-corrected chi connectivity index (χ4v) is 2.79. The zero-order valence-electron chi connectivity index (χ0n) is 11.6. The molecule has 3 aromatic rings. The Morgan fingerprint density at radius 1 is 1.10 bits per heavy atom. The molecule has 2 aromatic heterocycles. The van der Waals surface area contributed by atoms with Crippen molar-refractivity contribution in [3.63, 3.8) is 0 Å². The van der Waals surface area contributed by atoms with Gasteiger partial charge in [0.1, 0.15) is 5.75 Å². The molecule has 108 valence electrons. The van der Waals surface area contributed by atoms with Gasteiger partial charge < -0.3 is 9.30 Å². The molecule has 0 N–H and O–H groups in total. The molecule has 0 radical (unpaired) electrons. The van der Waals surface area contributed by atoms with E-state index in [9.17, 15) is 0 Å². The maximum atomic E-state index is 6.19. The van der Waals surface area contributed by atoms with Crippen molar-refractivity contribution < 1.29 is 4.74 Å². The molecule has 0 amide bonds. The summed E-state index contributed by atoms with van der Waals surface area (Å²) in [7, 11) is 1.65. The Hall–Kier alpha value is -1.78. The molecule has 0 unspecified atom stereocenters. The van der Waals surface area contributed by atoms with Crippen LogP contribution < -0.4 is 4.74 Å². The highest BCUT2D eigenvalue weighted by Gasteiger charge is 2.14. The van der Waals surface area contributed by atoms with Crippen LogP contribution in [0.5, 0.6) is 5.75 Å². The monoisotopic (exact) mass is 321 g/mol. The largest absolute Gasteiger partial charge is 0.497 e. The SMILES string of the molecule is COc1ccc(Cn2c(C)cc3c(Cl)nnc(Cl)c32)cc1. The Balaban J connectivity index is 2.07. The van der Waals surface area contributed by atoms with Gasteiger partial charge in [-0.3, -0.25) is 0 Å². The van der Waals surface area contributed by atoms with Crippen LogP contribution in [0.4, 0.5) is 0 Å². The number of aryl methyl sites for hydroxylation is 1. The Labute approximate surface area is 132 Å². The average Bonchev–Trinajstić information content (AvgIpc) is 2.82. The summed E-state index contributed by atoms with van der Waals surface area (Å²) >= 11 is 12.3. The maximum absolute atomic E-state index is 6.19. The molecule has 3 rings (SSSR count). The van der Waals surface area contributed by atoms with Gasteiger partial charge in [0.25, 0.3) is 0 Å². The molecular formula is C15H13Cl2N3O. The Morgan fingerprint density at radius 2 is 1.76 bits per heavy atom. The van der Waals surface area contributed by atoms with E-state index >= 15 is 0 Å². The normalized spacial score (nSPS) is 11.0. The zero-order valence-corrected chi connectivity index (χ0v) is 13.1. The fraction of sp³-hybridized carbons (Fsp3) is 0.200. The second-order valence-electron chi connectivity index (χ2n) is 4.76. The topological polar surface area (TPSA) is 39.9 Å². The predicted octanol–water partition coefficient (Wildman–Crippen LogP) is 4.10. The van der Waals surface area contributed by atoms with E-state index in [0.29, 0.717) is 16.9 Å². The molecule has 0 saturated carbocycles. The molecule has 0 fully saturated rings. The van der Waals surface area contributed by atoms with Crippen LogP contribution in [0.3, 0.4) is 0 Å². The molecule has 0 aliphatic rings. The van der Waals surface area contributed by atoms with Crippen molar-refractivity contribution in [1.29, 1.82) is 0 Å². The third-order valence-electron chi connectivity index (χ3n) is 3.45. The van der Waals surface area contributed by atoms with Crippen LogP contribution in [-0.2, 0) is 6.54 Å². The third kappa shape index (κ3) is 2.57. The second-order valence-corrected chi connectivity index (χ2v) is 5.48. The number of hydrogen-bond donors (Lipinski definition) is 0. The van der Waals surface area contributed by atoms with Gasteiger partial charge in [-0.05, 0) is 30.7 Å². The zero-order chi connectivity index (χ0) is 15.0. The van der Waals surface area contributed by atoms with Crippen LogP contribution in [0.1, 0.15) is 11.3 Å². The first kappa shape index (κ1) is 14.2. The standard InChI is InChI=1S/C15H13Cl2N3O/c1-9-7-12-13(15(17)19-18-14(12)16)20(9)8-10-3-5-11(21-2)6-4-10/h3-7H,8H2,1-2H3. The molecule has 21 heavy (non-hydrogen) atoms. The number of ether oxygens (including phenoxy) is 1. The predicted molar refractivity (Wildman–Crippen MR) is 84.4 cm³/mol. The van der Waals surface area contributed by atoms with Crippen molar-refractivity contribution in [3.8, 4) is 5.75 Å². The maximum Gasteiger partial charge on any atom is 0.176 e. The molecule has 0 spiro atoms. The minimum absolute atomic E-state index is 0.357. The second kappa shape index (κ2) is 5.54. The van der Waals surface area contributed by atoms with Gasteiger partial charge in [-0.1, -0.05) is 35.3 Å². The summed E-state index contributed by atoms with van der Waals surface area (Å²) in [5.41, 5.74) is 3.00. The van der Waals surface area contributed by atoms with E-state index in [1.54, 1.807) is 7.11 Å². The molecule has 0 aliphatic heterocycles. The molecule has 0 bridgehead atoms. The summed E-state index contributed by atoms with van der Waals surface area (Å²) in [5.74, 6) is 0.833. The molecule has 0 atom stereocenters. The summed E-state index contributed by atoms with van der Waals surface area (Å²) in [5, 5.41) is 9.28. The van der Waals surface area contributed by atoms with E-state index in [1.165, 1.54) is 0 Å². The van der Waals surface area contributed by atoms with Crippen molar-refractivity contribution in [2.45, 2.75) is 13.5 Å². The van der Waals surface area contributed by atoms with Gasteiger partial charge in [-0.25, -0.2) is 0 Å². The number of benzene rings is 1. The van der Waals surface area contributed by atoms with Gasteiger partial charge in [0, 0.05) is 17.6 Å². The van der Waals surface area contributed by atoms with Crippen LogP contribution >= 0.6 is 23.2 Å². The molecule has 4 nitrogen and oxygen atoms in total. The lowest BCUT2D eigenvalue weighted by molar-refractivity contribution is 0.414. The van der Waals surface area contributed by atoms with E-state index < -0.39 is 0 Å². The Kier molecular flexibility index (Phi) is 3.74. The van der Waals surface area contributed by atoms with Gasteiger partial charge >= 0.3 is 0 Å². The Bertz CT molecular complexity index is 797. The average molecular weight is 322 g/mol. The smallest absolute Gasteiger partial charge is 0.176 e. The van der Waals surface area contributed by atoms with E-state index in [-0.39, 0.29) is 0 Å². The summed E-state index contributed by atoms with van der Waals surface area (Å²) in [6, 6.07) is 9.89. The van der Waals surface area contributed by atoms with Crippen LogP contribution in [0.15, 0.2) is 30.3 Å². The number of aromatic nitrogens is 3. The molecule has 6 heteroatoms. The number of rotatable bonds is 3. The summed E-state index contributed by atoms with van der Waals surface area (Å²) in [4.78, 5) is 0. The number of hydrogen-bond acceptors (Lipinski definition) is 3. The first-order chi connectivity index (χ1) is 10.1. The summed E-state index contributed by atoms with van der Waals surface area (Å²) < 4.78 is 7.25. The first-order valence-electron chi connectivity index (χ1n) is 6.40. The van der Waals surface area contributed by atoms with Gasteiger partial charge in [0.2, 0.25) is 0 Å². The molecule has 2 heterocycles.